The standard InChI is InChI=1S/C19H16ClFN4O/c20-14-5-3-4-13(12-14)10-11-22-17-8-9-18(25-24-17)23-19(26)15-6-1-2-7-16(15)21/h1-9,12H,10-11H2,(H,22,24)(H,23,25,26). The predicted octanol–water partition coefficient (Wildman–Crippen LogP) is 4.18. The highest BCUT2D eigenvalue weighted by Crippen LogP contribution is 2.13. The molecule has 0 atom stereocenters. The zero-order valence-electron chi connectivity index (χ0n) is 13.7. The molecule has 0 bridgehead atoms. The van der Waals surface area contributed by atoms with Crippen LogP contribution in [0.15, 0.2) is 60.7 Å². The monoisotopic (exact) mass is 370 g/mol. The van der Waals surface area contributed by atoms with Gasteiger partial charge >= 0.3 is 0 Å². The minimum absolute atomic E-state index is 0.0435. The van der Waals surface area contributed by atoms with Crippen molar-refractivity contribution in [3.8, 4) is 0 Å². The van der Waals surface area contributed by atoms with E-state index in [2.05, 4.69) is 20.8 Å². The molecule has 3 rings (SSSR count). The quantitative estimate of drug-likeness (QED) is 0.683. The molecule has 0 aliphatic carbocycles. The third kappa shape index (κ3) is 4.77. The fraction of sp³-hybridized carbons (Fsp3) is 0.105. The third-order valence-electron chi connectivity index (χ3n) is 3.63. The number of halogens is 2. The lowest BCUT2D eigenvalue weighted by Gasteiger charge is -2.07. The zero-order chi connectivity index (χ0) is 18.4. The highest BCUT2D eigenvalue weighted by molar-refractivity contribution is 6.30. The van der Waals surface area contributed by atoms with Gasteiger partial charge in [-0.3, -0.25) is 4.79 Å². The van der Waals surface area contributed by atoms with E-state index >= 15 is 0 Å². The fourth-order valence-corrected chi connectivity index (χ4v) is 2.56. The Bertz CT molecular complexity index is 902. The van der Waals surface area contributed by atoms with E-state index in [1.807, 2.05) is 24.3 Å². The number of benzene rings is 2. The molecular weight excluding hydrogens is 355 g/mol. The molecule has 1 amide bonds. The van der Waals surface area contributed by atoms with Gasteiger partial charge in [-0.05, 0) is 48.4 Å². The van der Waals surface area contributed by atoms with Gasteiger partial charge in [-0.2, -0.15) is 0 Å². The number of nitrogens with zero attached hydrogens (tertiary/aromatic N) is 2. The van der Waals surface area contributed by atoms with Gasteiger partial charge in [-0.25, -0.2) is 4.39 Å². The van der Waals surface area contributed by atoms with E-state index in [4.69, 9.17) is 11.6 Å². The van der Waals surface area contributed by atoms with Gasteiger partial charge in [0.15, 0.2) is 5.82 Å². The van der Waals surface area contributed by atoms with Gasteiger partial charge in [-0.15, -0.1) is 10.2 Å². The Labute approximate surface area is 155 Å². The summed E-state index contributed by atoms with van der Waals surface area (Å²) in [5.41, 5.74) is 1.07. The van der Waals surface area contributed by atoms with Crippen molar-refractivity contribution in [3.05, 3.63) is 82.6 Å². The molecular formula is C19H16ClFN4O. The Kier molecular flexibility index (Phi) is 5.76. The Morgan fingerprint density at radius 1 is 1.00 bits per heavy atom. The molecule has 0 aliphatic rings. The van der Waals surface area contributed by atoms with Crippen molar-refractivity contribution >= 4 is 29.1 Å². The van der Waals surface area contributed by atoms with Crippen LogP contribution in [0.5, 0.6) is 0 Å². The van der Waals surface area contributed by atoms with E-state index in [-0.39, 0.29) is 11.4 Å². The van der Waals surface area contributed by atoms with Crippen molar-refractivity contribution in [1.29, 1.82) is 0 Å². The lowest BCUT2D eigenvalue weighted by molar-refractivity contribution is 0.102. The van der Waals surface area contributed by atoms with E-state index < -0.39 is 11.7 Å². The SMILES string of the molecule is O=C(Nc1ccc(NCCc2cccc(Cl)c2)nn1)c1ccccc1F. The van der Waals surface area contributed by atoms with Gasteiger partial charge in [0, 0.05) is 11.6 Å². The van der Waals surface area contributed by atoms with Crippen molar-refractivity contribution in [2.75, 3.05) is 17.2 Å². The Balaban J connectivity index is 1.53. The molecule has 1 heterocycles. The predicted molar refractivity (Wildman–Crippen MR) is 100 cm³/mol. The van der Waals surface area contributed by atoms with Crippen LogP contribution in [0.4, 0.5) is 16.0 Å². The molecule has 132 valence electrons. The molecule has 0 unspecified atom stereocenters. The molecule has 0 saturated heterocycles. The van der Waals surface area contributed by atoms with E-state index in [1.54, 1.807) is 18.2 Å². The van der Waals surface area contributed by atoms with Crippen LogP contribution in [0.1, 0.15) is 15.9 Å². The van der Waals surface area contributed by atoms with Crippen LogP contribution >= 0.6 is 11.6 Å². The van der Waals surface area contributed by atoms with Crippen molar-refractivity contribution < 1.29 is 9.18 Å². The molecule has 2 aromatic carbocycles. The van der Waals surface area contributed by atoms with Crippen LogP contribution < -0.4 is 10.6 Å². The maximum Gasteiger partial charge on any atom is 0.259 e. The summed E-state index contributed by atoms with van der Waals surface area (Å²) in [5.74, 6) is -0.328. The van der Waals surface area contributed by atoms with Gasteiger partial charge < -0.3 is 10.6 Å². The van der Waals surface area contributed by atoms with Crippen molar-refractivity contribution in [3.63, 3.8) is 0 Å². The van der Waals surface area contributed by atoms with Crippen LogP contribution in [-0.4, -0.2) is 22.6 Å². The highest BCUT2D eigenvalue weighted by atomic mass is 35.5. The van der Waals surface area contributed by atoms with Crippen molar-refractivity contribution in [2.45, 2.75) is 6.42 Å². The Morgan fingerprint density at radius 3 is 2.50 bits per heavy atom. The molecule has 26 heavy (non-hydrogen) atoms. The Hall–Kier alpha value is -2.99. The second kappa shape index (κ2) is 8.40. The van der Waals surface area contributed by atoms with Crippen LogP contribution in [0.25, 0.3) is 0 Å². The number of nitrogens with one attached hydrogen (secondary N) is 2. The smallest absolute Gasteiger partial charge is 0.259 e. The van der Waals surface area contributed by atoms with Crippen molar-refractivity contribution in [2.24, 2.45) is 0 Å². The Morgan fingerprint density at radius 2 is 1.77 bits per heavy atom. The average molecular weight is 371 g/mol. The lowest BCUT2D eigenvalue weighted by atomic mass is 10.1. The third-order valence-corrected chi connectivity index (χ3v) is 3.87. The summed E-state index contributed by atoms with van der Waals surface area (Å²) in [6.45, 7) is 0.663. The summed E-state index contributed by atoms with van der Waals surface area (Å²) >= 11 is 5.95. The fourth-order valence-electron chi connectivity index (χ4n) is 2.35. The number of aromatic nitrogens is 2. The summed E-state index contributed by atoms with van der Waals surface area (Å²) < 4.78 is 13.6. The largest absolute Gasteiger partial charge is 0.368 e. The molecule has 3 aromatic rings. The molecule has 7 heteroatoms. The number of hydrogen-bond acceptors (Lipinski definition) is 4. The van der Waals surface area contributed by atoms with Crippen LogP contribution in [0.3, 0.4) is 0 Å². The van der Waals surface area contributed by atoms with Crippen LogP contribution in [0, 0.1) is 5.82 Å². The van der Waals surface area contributed by atoms with Crippen LogP contribution in [0.2, 0.25) is 5.02 Å². The topological polar surface area (TPSA) is 66.9 Å². The van der Waals surface area contributed by atoms with Crippen LogP contribution in [-0.2, 0) is 6.42 Å². The number of anilines is 2. The molecule has 0 radical (unpaired) electrons. The molecule has 0 saturated carbocycles. The van der Waals surface area contributed by atoms with Gasteiger partial charge in [0.05, 0.1) is 5.56 Å². The molecule has 5 nitrogen and oxygen atoms in total. The maximum absolute atomic E-state index is 13.6. The minimum Gasteiger partial charge on any atom is -0.368 e. The molecule has 0 spiro atoms. The molecule has 1 aromatic heterocycles. The summed E-state index contributed by atoms with van der Waals surface area (Å²) in [4.78, 5) is 12.0. The second-order valence-corrected chi connectivity index (χ2v) is 5.98. The first-order chi connectivity index (χ1) is 12.6. The molecule has 0 fully saturated rings. The number of rotatable bonds is 6. The summed E-state index contributed by atoms with van der Waals surface area (Å²) in [6, 6.07) is 16.7. The van der Waals surface area contributed by atoms with E-state index in [9.17, 15) is 9.18 Å². The normalized spacial score (nSPS) is 10.4. The second-order valence-electron chi connectivity index (χ2n) is 5.54. The first kappa shape index (κ1) is 17.8. The lowest BCUT2D eigenvalue weighted by Crippen LogP contribution is -2.15. The zero-order valence-corrected chi connectivity index (χ0v) is 14.5. The van der Waals surface area contributed by atoms with Gasteiger partial charge in [0.25, 0.3) is 5.91 Å². The number of carbonyl (C=O) groups is 1. The van der Waals surface area contributed by atoms with E-state index in [0.717, 1.165) is 12.0 Å². The summed E-state index contributed by atoms with van der Waals surface area (Å²) in [5, 5.41) is 14.3. The van der Waals surface area contributed by atoms with Gasteiger partial charge in [-0.1, -0.05) is 35.9 Å². The van der Waals surface area contributed by atoms with E-state index in [0.29, 0.717) is 17.4 Å². The first-order valence-electron chi connectivity index (χ1n) is 8.00. The maximum atomic E-state index is 13.6. The average Bonchev–Trinajstić information content (AvgIpc) is 2.63. The number of hydrogen-bond donors (Lipinski definition) is 2. The summed E-state index contributed by atoms with van der Waals surface area (Å²) in [7, 11) is 0. The van der Waals surface area contributed by atoms with Gasteiger partial charge in [0.1, 0.15) is 11.6 Å². The van der Waals surface area contributed by atoms with Crippen molar-refractivity contribution in [1.82, 2.24) is 10.2 Å². The highest BCUT2D eigenvalue weighted by Gasteiger charge is 2.11. The number of carbonyl (C=O) groups excluding carboxylic acids is 1. The minimum atomic E-state index is -0.586. The molecule has 0 aliphatic heterocycles. The molecule has 2 N–H and O–H groups in total. The first-order valence-corrected chi connectivity index (χ1v) is 8.37. The number of amides is 1. The van der Waals surface area contributed by atoms with Gasteiger partial charge in [0.2, 0.25) is 0 Å². The van der Waals surface area contributed by atoms with E-state index in [1.165, 1.54) is 18.2 Å². The summed E-state index contributed by atoms with van der Waals surface area (Å²) in [6.07, 6.45) is 0.786.